The van der Waals surface area contributed by atoms with Crippen molar-refractivity contribution in [1.29, 1.82) is 0 Å². The summed E-state index contributed by atoms with van der Waals surface area (Å²) in [4.78, 5) is 38.0. The Hall–Kier alpha value is -3.67. The highest BCUT2D eigenvalue weighted by molar-refractivity contribution is 5.71. The molecule has 0 aliphatic rings. The number of hydrogen-bond donors (Lipinski definition) is 0. The molecule has 0 aliphatic carbocycles. The van der Waals surface area contributed by atoms with Crippen molar-refractivity contribution < 1.29 is 28.6 Å². The molecule has 0 radical (unpaired) electrons. The van der Waals surface area contributed by atoms with Gasteiger partial charge in [-0.2, -0.15) is 0 Å². The molecular weight excluding hydrogens is 817 g/mol. The van der Waals surface area contributed by atoms with Crippen molar-refractivity contribution in [3.63, 3.8) is 0 Å². The second-order valence-electron chi connectivity index (χ2n) is 17.7. The number of allylic oxidation sites excluding steroid dienone is 16. The first-order chi connectivity index (χ1) is 32.5. The summed E-state index contributed by atoms with van der Waals surface area (Å²) in [5.74, 6) is -0.993. The van der Waals surface area contributed by atoms with Crippen LogP contribution in [0.15, 0.2) is 97.2 Å². The molecular formula is C60H100O6. The molecule has 0 saturated heterocycles. The number of carbonyl (C=O) groups excluding carboxylic acids is 3. The number of esters is 3. The summed E-state index contributed by atoms with van der Waals surface area (Å²) in [6.45, 7) is 6.34. The fraction of sp³-hybridized carbons (Fsp3) is 0.683. The van der Waals surface area contributed by atoms with Crippen LogP contribution in [0.5, 0.6) is 0 Å². The lowest BCUT2D eigenvalue weighted by molar-refractivity contribution is -0.166. The standard InChI is InChI=1S/C60H100O6/c1-4-7-10-13-16-19-22-25-27-29-30-31-33-35-38-41-44-47-50-53-59(62)65-56-57(55-64-58(61)52-49-46-43-40-37-34-24-21-18-15-12-9-6-3)66-60(63)54-51-48-45-42-39-36-32-28-26-23-20-17-14-11-8-5-2/h7-8,10-11,16-17,19-20,25-28,34,37,43,46,57H,4-6,9,12-15,18,21-24,29-33,35-36,38-42,44-45,47-56H2,1-3H3/b10-7+,11-8+,19-16+,20-17+,27-25+,28-26+,37-34+,46-43+. The van der Waals surface area contributed by atoms with Gasteiger partial charge >= 0.3 is 17.9 Å². The Kier molecular flexibility index (Phi) is 50.9. The molecule has 1 unspecified atom stereocenters. The molecule has 0 fully saturated rings. The van der Waals surface area contributed by atoms with Crippen LogP contribution in [0.1, 0.15) is 245 Å². The largest absolute Gasteiger partial charge is 0.462 e. The summed E-state index contributed by atoms with van der Waals surface area (Å²) < 4.78 is 16.8. The molecule has 0 bridgehead atoms. The third-order valence-corrected chi connectivity index (χ3v) is 11.3. The summed E-state index contributed by atoms with van der Waals surface area (Å²) in [5.41, 5.74) is 0. The Bertz CT molecular complexity index is 1330. The van der Waals surface area contributed by atoms with E-state index in [4.69, 9.17) is 14.2 Å². The fourth-order valence-electron chi connectivity index (χ4n) is 7.29. The molecule has 0 rings (SSSR count). The Balaban J connectivity index is 4.45. The van der Waals surface area contributed by atoms with Gasteiger partial charge in [0.1, 0.15) is 13.2 Å². The maximum absolute atomic E-state index is 12.8. The Morgan fingerprint density at radius 3 is 1.02 bits per heavy atom. The van der Waals surface area contributed by atoms with Crippen molar-refractivity contribution in [1.82, 2.24) is 0 Å². The number of rotatable bonds is 48. The van der Waals surface area contributed by atoms with E-state index in [1.807, 2.05) is 6.08 Å². The maximum Gasteiger partial charge on any atom is 0.306 e. The van der Waals surface area contributed by atoms with Gasteiger partial charge in [-0.3, -0.25) is 14.4 Å². The van der Waals surface area contributed by atoms with Gasteiger partial charge in [0.2, 0.25) is 0 Å². The first kappa shape index (κ1) is 62.3. The van der Waals surface area contributed by atoms with E-state index in [1.54, 1.807) is 0 Å². The third-order valence-electron chi connectivity index (χ3n) is 11.3. The van der Waals surface area contributed by atoms with Crippen molar-refractivity contribution in [2.75, 3.05) is 13.2 Å². The molecule has 6 nitrogen and oxygen atoms in total. The maximum atomic E-state index is 12.8. The molecule has 0 aromatic heterocycles. The molecule has 1 atom stereocenters. The fourth-order valence-corrected chi connectivity index (χ4v) is 7.29. The molecule has 0 spiro atoms. The minimum Gasteiger partial charge on any atom is -0.462 e. The molecule has 0 aromatic rings. The van der Waals surface area contributed by atoms with E-state index in [1.165, 1.54) is 96.3 Å². The van der Waals surface area contributed by atoms with Crippen molar-refractivity contribution in [2.24, 2.45) is 0 Å². The second kappa shape index (κ2) is 53.9. The van der Waals surface area contributed by atoms with Gasteiger partial charge in [-0.25, -0.2) is 0 Å². The van der Waals surface area contributed by atoms with Crippen LogP contribution in [0.3, 0.4) is 0 Å². The van der Waals surface area contributed by atoms with Gasteiger partial charge in [0.15, 0.2) is 6.10 Å². The zero-order valence-electron chi connectivity index (χ0n) is 42.9. The van der Waals surface area contributed by atoms with E-state index in [9.17, 15) is 14.4 Å². The van der Waals surface area contributed by atoms with Gasteiger partial charge in [-0.1, -0.05) is 221 Å². The van der Waals surface area contributed by atoms with Crippen LogP contribution in [0.25, 0.3) is 0 Å². The summed E-state index contributed by atoms with van der Waals surface area (Å²) in [6, 6.07) is 0. The molecule has 0 saturated carbocycles. The van der Waals surface area contributed by atoms with Crippen LogP contribution in [0.2, 0.25) is 0 Å². The Labute approximate surface area is 407 Å². The molecule has 66 heavy (non-hydrogen) atoms. The topological polar surface area (TPSA) is 78.9 Å². The highest BCUT2D eigenvalue weighted by atomic mass is 16.6. The highest BCUT2D eigenvalue weighted by Gasteiger charge is 2.19. The van der Waals surface area contributed by atoms with Crippen LogP contribution in [0, 0.1) is 0 Å². The van der Waals surface area contributed by atoms with Gasteiger partial charge in [-0.05, 0) is 103 Å². The SMILES string of the molecule is CC/C=C/C/C=C/C/C=C/CCCCCCCCCCCC(=O)OCC(COC(=O)CC/C=C/C/C=C/CCCCCCCC)OC(=O)CCCCCCCC/C=C/C/C=C/C/C=C/CC. The molecule has 0 aromatic carbocycles. The molecule has 376 valence electrons. The predicted octanol–water partition coefficient (Wildman–Crippen LogP) is 18.1. The van der Waals surface area contributed by atoms with Crippen molar-refractivity contribution in [3.05, 3.63) is 97.2 Å². The van der Waals surface area contributed by atoms with E-state index in [-0.39, 0.29) is 37.5 Å². The average Bonchev–Trinajstić information content (AvgIpc) is 3.31. The van der Waals surface area contributed by atoms with Crippen LogP contribution in [-0.2, 0) is 28.6 Å². The minimum absolute atomic E-state index is 0.104. The van der Waals surface area contributed by atoms with E-state index in [2.05, 4.69) is 112 Å². The van der Waals surface area contributed by atoms with Gasteiger partial charge in [0.25, 0.3) is 0 Å². The molecule has 0 amide bonds. The zero-order valence-corrected chi connectivity index (χ0v) is 42.9. The lowest BCUT2D eigenvalue weighted by Gasteiger charge is -2.18. The van der Waals surface area contributed by atoms with Gasteiger partial charge < -0.3 is 14.2 Å². The monoisotopic (exact) mass is 917 g/mol. The highest BCUT2D eigenvalue weighted by Crippen LogP contribution is 2.14. The first-order valence-corrected chi connectivity index (χ1v) is 27.2. The Morgan fingerprint density at radius 1 is 0.318 bits per heavy atom. The summed E-state index contributed by atoms with van der Waals surface area (Å²) in [5, 5.41) is 0. The number of carbonyl (C=O) groups is 3. The average molecular weight is 917 g/mol. The van der Waals surface area contributed by atoms with E-state index >= 15 is 0 Å². The van der Waals surface area contributed by atoms with Crippen molar-refractivity contribution in [2.45, 2.75) is 252 Å². The van der Waals surface area contributed by atoms with Gasteiger partial charge in [0.05, 0.1) is 0 Å². The third kappa shape index (κ3) is 51.3. The van der Waals surface area contributed by atoms with E-state index < -0.39 is 6.10 Å². The van der Waals surface area contributed by atoms with Crippen LogP contribution in [0.4, 0.5) is 0 Å². The van der Waals surface area contributed by atoms with Crippen LogP contribution in [-0.4, -0.2) is 37.2 Å². The molecule has 0 N–H and O–H groups in total. The lowest BCUT2D eigenvalue weighted by atomic mass is 10.1. The van der Waals surface area contributed by atoms with Gasteiger partial charge in [-0.15, -0.1) is 0 Å². The number of hydrogen-bond acceptors (Lipinski definition) is 6. The smallest absolute Gasteiger partial charge is 0.306 e. The number of unbranched alkanes of at least 4 members (excludes halogenated alkanes) is 21. The normalized spacial score (nSPS) is 12.8. The zero-order chi connectivity index (χ0) is 47.9. The minimum atomic E-state index is -0.810. The Morgan fingerprint density at radius 2 is 0.621 bits per heavy atom. The quantitative estimate of drug-likeness (QED) is 0.0262. The van der Waals surface area contributed by atoms with Crippen molar-refractivity contribution in [3.8, 4) is 0 Å². The summed E-state index contributed by atoms with van der Waals surface area (Å²) >= 11 is 0. The molecule has 0 heterocycles. The summed E-state index contributed by atoms with van der Waals surface area (Å²) in [6.07, 6.45) is 71.2. The predicted molar refractivity (Wildman–Crippen MR) is 284 cm³/mol. The van der Waals surface area contributed by atoms with Crippen LogP contribution >= 0.6 is 0 Å². The first-order valence-electron chi connectivity index (χ1n) is 27.2. The lowest BCUT2D eigenvalue weighted by Crippen LogP contribution is -2.30. The molecule has 0 aliphatic heterocycles. The van der Waals surface area contributed by atoms with E-state index in [0.29, 0.717) is 19.3 Å². The van der Waals surface area contributed by atoms with Crippen LogP contribution < -0.4 is 0 Å². The number of ether oxygens (including phenoxy) is 3. The van der Waals surface area contributed by atoms with Crippen molar-refractivity contribution >= 4 is 17.9 Å². The van der Waals surface area contributed by atoms with E-state index in [0.717, 1.165) is 103 Å². The second-order valence-corrected chi connectivity index (χ2v) is 17.7. The molecule has 6 heteroatoms. The summed E-state index contributed by atoms with van der Waals surface area (Å²) in [7, 11) is 0. The van der Waals surface area contributed by atoms with Gasteiger partial charge in [0, 0.05) is 19.3 Å².